The second-order valence-corrected chi connectivity index (χ2v) is 9.83. The van der Waals surface area contributed by atoms with E-state index in [9.17, 15) is 19.8 Å². The zero-order valence-electron chi connectivity index (χ0n) is 20.4. The molecule has 1 aromatic carbocycles. The number of hydrogen-bond donors (Lipinski definition) is 4. The molecule has 35 heavy (non-hydrogen) atoms. The lowest BCUT2D eigenvalue weighted by atomic mass is 9.82. The van der Waals surface area contributed by atoms with Gasteiger partial charge >= 0.3 is 5.97 Å². The maximum absolute atomic E-state index is 12.0. The number of aromatic amines is 1. The summed E-state index contributed by atoms with van der Waals surface area (Å²) in [5.41, 5.74) is 5.44. The van der Waals surface area contributed by atoms with Crippen molar-refractivity contribution in [1.82, 2.24) is 10.3 Å². The average molecular weight is 482 g/mol. The molecule has 2 aliphatic heterocycles. The first-order valence-corrected chi connectivity index (χ1v) is 12.4. The van der Waals surface area contributed by atoms with Gasteiger partial charge in [-0.3, -0.25) is 19.9 Å². The van der Waals surface area contributed by atoms with Crippen LogP contribution < -0.4 is 10.9 Å². The Bertz CT molecular complexity index is 1130. The van der Waals surface area contributed by atoms with E-state index in [0.717, 1.165) is 73.4 Å². The van der Waals surface area contributed by atoms with E-state index in [1.54, 1.807) is 6.20 Å². The van der Waals surface area contributed by atoms with Crippen LogP contribution in [-0.2, 0) is 22.5 Å². The zero-order valence-corrected chi connectivity index (χ0v) is 20.4. The van der Waals surface area contributed by atoms with E-state index >= 15 is 0 Å². The van der Waals surface area contributed by atoms with Gasteiger partial charge in [-0.25, -0.2) is 0 Å². The molecule has 1 fully saturated rings. The van der Waals surface area contributed by atoms with Crippen LogP contribution in [0.25, 0.3) is 0 Å². The number of aromatic nitrogens is 1. The minimum atomic E-state index is -1.08. The molecule has 0 bridgehead atoms. The highest BCUT2D eigenvalue weighted by molar-refractivity contribution is 6.04. The normalized spacial score (nSPS) is 20.4. The Balaban J connectivity index is 1.65. The number of benzene rings is 1. The van der Waals surface area contributed by atoms with Crippen LogP contribution in [0.2, 0.25) is 0 Å². The first-order chi connectivity index (χ1) is 16.8. The molecule has 1 saturated heterocycles. The molecule has 1 unspecified atom stereocenters. The number of rotatable bonds is 8. The second kappa shape index (κ2) is 11.3. The highest BCUT2D eigenvalue weighted by Crippen LogP contribution is 2.35. The monoisotopic (exact) mass is 481 g/mol. The minimum absolute atomic E-state index is 0.0937. The molecule has 8 heteroatoms. The van der Waals surface area contributed by atoms with Crippen LogP contribution in [-0.4, -0.2) is 52.2 Å². The van der Waals surface area contributed by atoms with Crippen molar-refractivity contribution < 1.29 is 19.7 Å². The van der Waals surface area contributed by atoms with Crippen LogP contribution in [0.1, 0.15) is 54.9 Å². The molecule has 0 saturated carbocycles. The molecular weight excluding hydrogens is 446 g/mol. The molecule has 1 aromatic heterocycles. The van der Waals surface area contributed by atoms with Gasteiger partial charge in [0, 0.05) is 43.0 Å². The van der Waals surface area contributed by atoms with Gasteiger partial charge in [0.2, 0.25) is 0 Å². The zero-order chi connectivity index (χ0) is 24.9. The lowest BCUT2D eigenvalue weighted by Crippen LogP contribution is -2.44. The third-order valence-electron chi connectivity index (χ3n) is 7.16. The van der Waals surface area contributed by atoms with Crippen LogP contribution in [0.15, 0.2) is 40.2 Å². The molecule has 3 atom stereocenters. The number of carboxylic acids is 1. The van der Waals surface area contributed by atoms with E-state index < -0.39 is 18.1 Å². The van der Waals surface area contributed by atoms with Crippen molar-refractivity contribution in [3.8, 4) is 0 Å². The van der Waals surface area contributed by atoms with Crippen LogP contribution in [0.4, 0.5) is 5.69 Å². The average Bonchev–Trinajstić information content (AvgIpc) is 3.00. The van der Waals surface area contributed by atoms with Gasteiger partial charge in [-0.05, 0) is 75.1 Å². The van der Waals surface area contributed by atoms with E-state index in [1.165, 1.54) is 6.92 Å². The molecule has 3 heterocycles. The number of aliphatic hydroxyl groups is 1. The predicted octanol–water partition coefficient (Wildman–Crippen LogP) is 3.11. The number of fused-ring (bicyclic) bond motifs is 1. The van der Waals surface area contributed by atoms with Crippen molar-refractivity contribution in [3.63, 3.8) is 0 Å². The smallest absolute Gasteiger partial charge is 0.323 e. The van der Waals surface area contributed by atoms with E-state index in [-0.39, 0.29) is 11.5 Å². The number of carboxylic acid groups (broad SMARTS) is 1. The van der Waals surface area contributed by atoms with Crippen molar-refractivity contribution >= 4 is 17.4 Å². The van der Waals surface area contributed by atoms with Crippen LogP contribution in [0, 0.1) is 18.8 Å². The Morgan fingerprint density at radius 3 is 2.71 bits per heavy atom. The Morgan fingerprint density at radius 1 is 1.26 bits per heavy atom. The van der Waals surface area contributed by atoms with Crippen LogP contribution >= 0.6 is 0 Å². The van der Waals surface area contributed by atoms with Gasteiger partial charge in [0.05, 0.1) is 17.5 Å². The number of H-pyrrole nitrogens is 1. The molecule has 2 aliphatic rings. The van der Waals surface area contributed by atoms with Crippen molar-refractivity contribution in [2.45, 2.75) is 64.6 Å². The summed E-state index contributed by atoms with van der Waals surface area (Å²) < 4.78 is 5.56. The largest absolute Gasteiger partial charge is 0.480 e. The topological polar surface area (TPSA) is 124 Å². The Morgan fingerprint density at radius 2 is 2.03 bits per heavy atom. The second-order valence-electron chi connectivity index (χ2n) is 9.83. The Hall–Kier alpha value is -2.81. The molecule has 188 valence electrons. The number of ether oxygens (including phenoxy) is 1. The van der Waals surface area contributed by atoms with Crippen LogP contribution in [0.5, 0.6) is 0 Å². The van der Waals surface area contributed by atoms with E-state index in [1.807, 2.05) is 25.1 Å². The third kappa shape index (κ3) is 6.25. The highest BCUT2D eigenvalue weighted by Gasteiger charge is 2.27. The first kappa shape index (κ1) is 25.3. The number of carbonyl (C=O) groups is 1. The number of nitrogens with one attached hydrogen (secondary N) is 2. The number of hydrogen-bond acceptors (Lipinski definition) is 6. The molecule has 0 spiro atoms. The molecule has 2 aromatic rings. The molecule has 0 amide bonds. The standard InChI is InChI=1S/C27H35N3O5/c1-16-11-22(15-29-26(16)32)25-21(12-18-7-9-35-10-8-18)6-5-20-4-3-19(13-23(20)30-25)14-28-24(17(2)31)27(33)34/h3-4,11,13,15,17-18,21,24,28,31H,5-10,12,14H2,1-2H3,(H,29,32)(H,33,34)/t17-,21?,24+/m1/s1. The summed E-state index contributed by atoms with van der Waals surface area (Å²) in [6.45, 7) is 5.20. The predicted molar refractivity (Wildman–Crippen MR) is 134 cm³/mol. The fourth-order valence-corrected chi connectivity index (χ4v) is 5.07. The van der Waals surface area contributed by atoms with Gasteiger partial charge in [-0.2, -0.15) is 0 Å². The summed E-state index contributed by atoms with van der Waals surface area (Å²) in [6.07, 6.45) is 5.79. The lowest BCUT2D eigenvalue weighted by Gasteiger charge is -2.27. The minimum Gasteiger partial charge on any atom is -0.480 e. The Kier molecular flexibility index (Phi) is 8.15. The summed E-state index contributed by atoms with van der Waals surface area (Å²) in [7, 11) is 0. The van der Waals surface area contributed by atoms with Gasteiger partial charge < -0.3 is 19.9 Å². The van der Waals surface area contributed by atoms with Gasteiger partial charge in [-0.1, -0.05) is 12.1 Å². The maximum Gasteiger partial charge on any atom is 0.323 e. The summed E-state index contributed by atoms with van der Waals surface area (Å²) in [4.78, 5) is 31.4. The molecular formula is C27H35N3O5. The molecule has 8 nitrogen and oxygen atoms in total. The van der Waals surface area contributed by atoms with Crippen molar-refractivity contribution in [3.05, 3.63) is 63.1 Å². The molecule has 0 radical (unpaired) electrons. The number of nitrogens with zero attached hydrogens (tertiary/aromatic N) is 1. The van der Waals surface area contributed by atoms with E-state index in [0.29, 0.717) is 18.0 Å². The number of aryl methyl sites for hydroxylation is 2. The van der Waals surface area contributed by atoms with Gasteiger partial charge in [0.15, 0.2) is 0 Å². The molecule has 0 aliphatic carbocycles. The van der Waals surface area contributed by atoms with Crippen molar-refractivity contribution in [1.29, 1.82) is 0 Å². The fraction of sp³-hybridized carbons (Fsp3) is 0.519. The van der Waals surface area contributed by atoms with Gasteiger partial charge in [-0.15, -0.1) is 0 Å². The van der Waals surface area contributed by atoms with Crippen molar-refractivity contribution in [2.24, 2.45) is 16.8 Å². The SMILES string of the molecule is Cc1cc(C2=Nc3cc(CN[C@H](C(=O)O)[C@@H](C)O)ccc3CCC2CC2CCOCC2)c[nH]c1=O. The summed E-state index contributed by atoms with van der Waals surface area (Å²) in [6, 6.07) is 6.94. The summed E-state index contributed by atoms with van der Waals surface area (Å²) in [5.74, 6) is -0.222. The number of aliphatic hydroxyl groups excluding tert-OH is 1. The van der Waals surface area contributed by atoms with Crippen molar-refractivity contribution in [2.75, 3.05) is 13.2 Å². The maximum atomic E-state index is 12.0. The first-order valence-electron chi connectivity index (χ1n) is 12.4. The molecule has 4 N–H and O–H groups in total. The summed E-state index contributed by atoms with van der Waals surface area (Å²) in [5, 5.41) is 22.0. The molecule has 4 rings (SSSR count). The van der Waals surface area contributed by atoms with E-state index in [4.69, 9.17) is 9.73 Å². The lowest BCUT2D eigenvalue weighted by molar-refractivity contribution is -0.142. The fourth-order valence-electron chi connectivity index (χ4n) is 5.07. The highest BCUT2D eigenvalue weighted by atomic mass is 16.5. The third-order valence-corrected chi connectivity index (χ3v) is 7.16. The number of pyridine rings is 1. The number of aliphatic carboxylic acids is 1. The van der Waals surface area contributed by atoms with Gasteiger partial charge in [0.25, 0.3) is 5.56 Å². The number of aliphatic imine (C=N–C) groups is 1. The van der Waals surface area contributed by atoms with Gasteiger partial charge in [0.1, 0.15) is 6.04 Å². The Labute approximate surface area is 205 Å². The summed E-state index contributed by atoms with van der Waals surface area (Å²) >= 11 is 0. The van der Waals surface area contributed by atoms with E-state index in [2.05, 4.69) is 16.4 Å². The quantitative estimate of drug-likeness (QED) is 0.459. The van der Waals surface area contributed by atoms with Crippen LogP contribution in [0.3, 0.4) is 0 Å².